The third-order valence-electron chi connectivity index (χ3n) is 3.21. The first kappa shape index (κ1) is 13.9. The SMILES string of the molecule is COc1ccc2c(c1)C(C#N)N(CCNC(C)=O)C2=O. The molecular formula is C14H15N3O3. The summed E-state index contributed by atoms with van der Waals surface area (Å²) in [5.41, 5.74) is 1.17. The molecule has 1 atom stereocenters. The normalized spacial score (nSPS) is 16.6. The van der Waals surface area contributed by atoms with E-state index in [1.54, 1.807) is 18.2 Å². The summed E-state index contributed by atoms with van der Waals surface area (Å²) in [7, 11) is 1.54. The molecule has 0 saturated heterocycles. The molecule has 1 aromatic carbocycles. The Bertz CT molecular complexity index is 592. The molecule has 1 aliphatic rings. The number of carbonyl (C=O) groups excluding carboxylic acids is 2. The van der Waals surface area contributed by atoms with Crippen molar-refractivity contribution in [2.75, 3.05) is 20.2 Å². The highest BCUT2D eigenvalue weighted by Crippen LogP contribution is 2.35. The van der Waals surface area contributed by atoms with Gasteiger partial charge in [-0.05, 0) is 18.2 Å². The zero-order chi connectivity index (χ0) is 14.7. The van der Waals surface area contributed by atoms with Gasteiger partial charge >= 0.3 is 0 Å². The summed E-state index contributed by atoms with van der Waals surface area (Å²) in [6.07, 6.45) is 0. The lowest BCUT2D eigenvalue weighted by Gasteiger charge is -2.19. The van der Waals surface area contributed by atoms with Gasteiger partial charge in [-0.25, -0.2) is 0 Å². The third kappa shape index (κ3) is 2.43. The van der Waals surface area contributed by atoms with Gasteiger partial charge in [-0.1, -0.05) is 0 Å². The first-order chi connectivity index (χ1) is 9.58. The number of carbonyl (C=O) groups is 2. The molecule has 0 aliphatic carbocycles. The molecule has 1 unspecified atom stereocenters. The van der Waals surface area contributed by atoms with Crippen molar-refractivity contribution in [3.8, 4) is 11.8 Å². The standard InChI is InChI=1S/C14H15N3O3/c1-9(18)16-5-6-17-13(8-15)12-7-10(20-2)3-4-11(12)14(17)19/h3-4,7,13H,5-6H2,1-2H3,(H,16,18). The summed E-state index contributed by atoms with van der Waals surface area (Å²) in [4.78, 5) is 24.6. The molecule has 1 aromatic rings. The van der Waals surface area contributed by atoms with Crippen LogP contribution in [-0.4, -0.2) is 36.9 Å². The van der Waals surface area contributed by atoms with E-state index in [9.17, 15) is 14.9 Å². The molecule has 0 spiro atoms. The highest BCUT2D eigenvalue weighted by molar-refractivity contribution is 6.00. The van der Waals surface area contributed by atoms with Crippen LogP contribution in [0.4, 0.5) is 0 Å². The van der Waals surface area contributed by atoms with Crippen LogP contribution in [0.25, 0.3) is 0 Å². The minimum atomic E-state index is -0.638. The van der Waals surface area contributed by atoms with Gasteiger partial charge in [0.05, 0.1) is 13.2 Å². The largest absolute Gasteiger partial charge is 0.497 e. The molecule has 1 N–H and O–H groups in total. The first-order valence-electron chi connectivity index (χ1n) is 6.21. The van der Waals surface area contributed by atoms with E-state index in [0.29, 0.717) is 30.0 Å². The number of benzene rings is 1. The Labute approximate surface area is 116 Å². The van der Waals surface area contributed by atoms with Gasteiger partial charge in [0.25, 0.3) is 5.91 Å². The molecule has 6 nitrogen and oxygen atoms in total. The van der Waals surface area contributed by atoms with Crippen molar-refractivity contribution in [1.82, 2.24) is 10.2 Å². The number of nitrogens with zero attached hydrogens (tertiary/aromatic N) is 2. The second kappa shape index (κ2) is 5.61. The van der Waals surface area contributed by atoms with Crippen LogP contribution in [-0.2, 0) is 4.79 Å². The van der Waals surface area contributed by atoms with Crippen LogP contribution in [0.15, 0.2) is 18.2 Å². The summed E-state index contributed by atoms with van der Waals surface area (Å²) in [5.74, 6) is 0.254. The summed E-state index contributed by atoms with van der Waals surface area (Å²) in [6, 6.07) is 6.56. The smallest absolute Gasteiger partial charge is 0.255 e. The molecule has 0 bridgehead atoms. The zero-order valence-electron chi connectivity index (χ0n) is 11.3. The number of nitriles is 1. The Morgan fingerprint density at radius 1 is 1.55 bits per heavy atom. The molecule has 0 radical (unpaired) electrons. The van der Waals surface area contributed by atoms with Gasteiger partial charge in [0.2, 0.25) is 5.91 Å². The maximum absolute atomic E-state index is 12.3. The fourth-order valence-corrected chi connectivity index (χ4v) is 2.25. The number of methoxy groups -OCH3 is 1. The van der Waals surface area contributed by atoms with Crippen LogP contribution in [0.3, 0.4) is 0 Å². The topological polar surface area (TPSA) is 82.4 Å². The number of hydrogen-bond donors (Lipinski definition) is 1. The van der Waals surface area contributed by atoms with Crippen molar-refractivity contribution in [2.24, 2.45) is 0 Å². The van der Waals surface area contributed by atoms with E-state index < -0.39 is 6.04 Å². The second-order valence-corrected chi connectivity index (χ2v) is 4.47. The van der Waals surface area contributed by atoms with Gasteiger partial charge in [-0.3, -0.25) is 9.59 Å². The number of ether oxygens (including phenoxy) is 1. The Hall–Kier alpha value is -2.55. The molecule has 0 fully saturated rings. The Morgan fingerprint density at radius 2 is 2.30 bits per heavy atom. The minimum absolute atomic E-state index is 0.163. The van der Waals surface area contributed by atoms with Crippen molar-refractivity contribution in [2.45, 2.75) is 13.0 Å². The summed E-state index contributed by atoms with van der Waals surface area (Å²) < 4.78 is 5.12. The van der Waals surface area contributed by atoms with Crippen molar-refractivity contribution < 1.29 is 14.3 Å². The van der Waals surface area contributed by atoms with Crippen LogP contribution in [0.5, 0.6) is 5.75 Å². The lowest BCUT2D eigenvalue weighted by molar-refractivity contribution is -0.119. The Balaban J connectivity index is 2.23. The van der Waals surface area contributed by atoms with Crippen LogP contribution in [0, 0.1) is 11.3 Å². The van der Waals surface area contributed by atoms with E-state index in [1.807, 2.05) is 0 Å². The van der Waals surface area contributed by atoms with Crippen molar-refractivity contribution >= 4 is 11.8 Å². The predicted octanol–water partition coefficient (Wildman–Crippen LogP) is 0.852. The van der Waals surface area contributed by atoms with Crippen molar-refractivity contribution in [1.29, 1.82) is 5.26 Å². The number of fused-ring (bicyclic) bond motifs is 1. The average Bonchev–Trinajstić information content (AvgIpc) is 2.70. The quantitative estimate of drug-likeness (QED) is 0.881. The van der Waals surface area contributed by atoms with E-state index in [1.165, 1.54) is 18.9 Å². The van der Waals surface area contributed by atoms with Crippen LogP contribution < -0.4 is 10.1 Å². The molecule has 1 heterocycles. The van der Waals surface area contributed by atoms with E-state index in [0.717, 1.165) is 0 Å². The zero-order valence-corrected chi connectivity index (χ0v) is 11.3. The molecule has 2 amide bonds. The highest BCUT2D eigenvalue weighted by atomic mass is 16.5. The third-order valence-corrected chi connectivity index (χ3v) is 3.21. The highest BCUT2D eigenvalue weighted by Gasteiger charge is 2.36. The Morgan fingerprint density at radius 3 is 2.90 bits per heavy atom. The summed E-state index contributed by atoms with van der Waals surface area (Å²) in [6.45, 7) is 2.03. The average molecular weight is 273 g/mol. The van der Waals surface area contributed by atoms with Gasteiger partial charge in [0, 0.05) is 31.1 Å². The second-order valence-electron chi connectivity index (χ2n) is 4.47. The van der Waals surface area contributed by atoms with Gasteiger partial charge in [-0.2, -0.15) is 5.26 Å². The number of rotatable bonds is 4. The molecule has 1 aliphatic heterocycles. The Kier molecular flexibility index (Phi) is 3.89. The molecular weight excluding hydrogens is 258 g/mol. The van der Waals surface area contributed by atoms with Crippen LogP contribution in [0.1, 0.15) is 28.9 Å². The number of nitrogens with one attached hydrogen (secondary N) is 1. The molecule has 6 heteroatoms. The lowest BCUT2D eigenvalue weighted by atomic mass is 10.1. The number of hydrogen-bond acceptors (Lipinski definition) is 4. The molecule has 20 heavy (non-hydrogen) atoms. The fourth-order valence-electron chi connectivity index (χ4n) is 2.25. The monoisotopic (exact) mass is 273 g/mol. The van der Waals surface area contributed by atoms with Gasteiger partial charge in [-0.15, -0.1) is 0 Å². The molecule has 0 saturated carbocycles. The van der Waals surface area contributed by atoms with Crippen molar-refractivity contribution in [3.05, 3.63) is 29.3 Å². The first-order valence-corrected chi connectivity index (χ1v) is 6.21. The maximum Gasteiger partial charge on any atom is 0.255 e. The summed E-state index contributed by atoms with van der Waals surface area (Å²) >= 11 is 0. The number of amides is 2. The summed E-state index contributed by atoms with van der Waals surface area (Å²) in [5, 5.41) is 11.9. The van der Waals surface area contributed by atoms with E-state index in [-0.39, 0.29) is 11.8 Å². The minimum Gasteiger partial charge on any atom is -0.497 e. The maximum atomic E-state index is 12.3. The van der Waals surface area contributed by atoms with Gasteiger partial charge in [0.1, 0.15) is 11.8 Å². The van der Waals surface area contributed by atoms with Gasteiger partial charge in [0.15, 0.2) is 0 Å². The van der Waals surface area contributed by atoms with E-state index in [2.05, 4.69) is 11.4 Å². The van der Waals surface area contributed by atoms with Crippen LogP contribution >= 0.6 is 0 Å². The van der Waals surface area contributed by atoms with Crippen molar-refractivity contribution in [3.63, 3.8) is 0 Å². The van der Waals surface area contributed by atoms with E-state index in [4.69, 9.17) is 4.74 Å². The van der Waals surface area contributed by atoms with Gasteiger partial charge < -0.3 is 15.0 Å². The van der Waals surface area contributed by atoms with E-state index >= 15 is 0 Å². The molecule has 0 aromatic heterocycles. The predicted molar refractivity (Wildman–Crippen MR) is 71.1 cm³/mol. The fraction of sp³-hybridized carbons (Fsp3) is 0.357. The lowest BCUT2D eigenvalue weighted by Crippen LogP contribution is -2.36. The molecule has 104 valence electrons. The molecule has 2 rings (SSSR count). The van der Waals surface area contributed by atoms with Crippen LogP contribution in [0.2, 0.25) is 0 Å².